The Morgan fingerprint density at radius 3 is 2.33 bits per heavy atom. The van der Waals surface area contributed by atoms with Crippen molar-refractivity contribution in [1.29, 1.82) is 0 Å². The van der Waals surface area contributed by atoms with Crippen LogP contribution in [0.15, 0.2) is 12.1 Å². The molecule has 0 heterocycles. The highest BCUT2D eigenvalue weighted by molar-refractivity contribution is 5.41. The maximum Gasteiger partial charge on any atom is 0.119 e. The summed E-state index contributed by atoms with van der Waals surface area (Å²) in [5.74, 6) is 1.08. The van der Waals surface area contributed by atoms with Gasteiger partial charge in [0, 0.05) is 6.61 Å². The fourth-order valence-corrected chi connectivity index (χ4v) is 2.09. The van der Waals surface area contributed by atoms with Crippen LogP contribution in [0, 0.1) is 19.8 Å². The first-order valence-electron chi connectivity index (χ1n) is 6.66. The zero-order valence-corrected chi connectivity index (χ0v) is 11.7. The Labute approximate surface area is 110 Å². The van der Waals surface area contributed by atoms with Gasteiger partial charge in [-0.1, -0.05) is 6.92 Å². The van der Waals surface area contributed by atoms with Crippen LogP contribution in [0.3, 0.4) is 0 Å². The summed E-state index contributed by atoms with van der Waals surface area (Å²) in [6.45, 7) is 7.69. The minimum atomic E-state index is 0.142. The van der Waals surface area contributed by atoms with Crippen molar-refractivity contribution in [1.82, 2.24) is 0 Å². The maximum absolute atomic E-state index is 9.24. The molecule has 1 rings (SSSR count). The van der Waals surface area contributed by atoms with E-state index in [1.165, 1.54) is 16.7 Å². The van der Waals surface area contributed by atoms with E-state index in [4.69, 9.17) is 10.5 Å². The molecule has 102 valence electrons. The molecule has 18 heavy (non-hydrogen) atoms. The van der Waals surface area contributed by atoms with Gasteiger partial charge in [0.1, 0.15) is 5.75 Å². The summed E-state index contributed by atoms with van der Waals surface area (Å²) in [5, 5.41) is 9.24. The predicted molar refractivity (Wildman–Crippen MR) is 75.0 cm³/mol. The van der Waals surface area contributed by atoms with E-state index >= 15 is 0 Å². The van der Waals surface area contributed by atoms with Crippen LogP contribution in [0.5, 0.6) is 5.75 Å². The van der Waals surface area contributed by atoms with Gasteiger partial charge >= 0.3 is 0 Å². The summed E-state index contributed by atoms with van der Waals surface area (Å²) in [7, 11) is 0. The predicted octanol–water partition coefficient (Wildman–Crippen LogP) is 2.20. The summed E-state index contributed by atoms with van der Waals surface area (Å²) in [6.07, 6.45) is 1.85. The molecule has 0 radical (unpaired) electrons. The number of rotatable bonds is 7. The number of aliphatic hydroxyl groups excluding tert-OH is 1. The van der Waals surface area contributed by atoms with Crippen LogP contribution in [0.2, 0.25) is 0 Å². The molecule has 0 saturated heterocycles. The van der Waals surface area contributed by atoms with Crippen molar-refractivity contribution >= 4 is 0 Å². The first-order chi connectivity index (χ1) is 8.62. The second kappa shape index (κ2) is 7.39. The molecule has 0 aromatic heterocycles. The molecule has 0 amide bonds. The molecule has 1 aromatic rings. The number of ether oxygens (including phenoxy) is 1. The van der Waals surface area contributed by atoms with Crippen LogP contribution in [-0.4, -0.2) is 24.9 Å². The topological polar surface area (TPSA) is 55.5 Å². The Hall–Kier alpha value is -1.06. The van der Waals surface area contributed by atoms with Crippen LogP contribution < -0.4 is 10.5 Å². The highest BCUT2D eigenvalue weighted by Crippen LogP contribution is 2.24. The average Bonchev–Trinajstić information content (AvgIpc) is 2.36. The molecule has 0 aliphatic heterocycles. The van der Waals surface area contributed by atoms with Crippen LogP contribution >= 0.6 is 0 Å². The second-order valence-corrected chi connectivity index (χ2v) is 4.87. The third-order valence-electron chi connectivity index (χ3n) is 3.23. The highest BCUT2D eigenvalue weighted by Gasteiger charge is 2.12. The molecule has 1 unspecified atom stereocenters. The van der Waals surface area contributed by atoms with Crippen LogP contribution in [-0.2, 0) is 6.42 Å². The zero-order valence-electron chi connectivity index (χ0n) is 11.7. The molecule has 0 bridgehead atoms. The molecule has 0 aliphatic rings. The average molecular weight is 251 g/mol. The van der Waals surface area contributed by atoms with Crippen molar-refractivity contribution in [2.75, 3.05) is 19.8 Å². The molecule has 3 heteroatoms. The van der Waals surface area contributed by atoms with E-state index in [1.54, 1.807) is 0 Å². The van der Waals surface area contributed by atoms with Crippen LogP contribution in [0.1, 0.15) is 30.0 Å². The molecule has 0 aliphatic carbocycles. The molecular weight excluding hydrogens is 226 g/mol. The lowest BCUT2D eigenvalue weighted by Gasteiger charge is -2.17. The Kier molecular flexibility index (Phi) is 6.16. The highest BCUT2D eigenvalue weighted by atomic mass is 16.5. The lowest BCUT2D eigenvalue weighted by molar-refractivity contribution is 0.229. The van der Waals surface area contributed by atoms with Crippen molar-refractivity contribution in [2.45, 2.75) is 33.6 Å². The van der Waals surface area contributed by atoms with Crippen molar-refractivity contribution in [2.24, 2.45) is 11.7 Å². The second-order valence-electron chi connectivity index (χ2n) is 4.87. The van der Waals surface area contributed by atoms with Gasteiger partial charge in [-0.05, 0) is 68.0 Å². The Morgan fingerprint density at radius 2 is 1.89 bits per heavy atom. The van der Waals surface area contributed by atoms with Gasteiger partial charge in [0.15, 0.2) is 0 Å². The Balaban J connectivity index is 2.86. The van der Waals surface area contributed by atoms with Gasteiger partial charge in [0.25, 0.3) is 0 Å². The van der Waals surface area contributed by atoms with E-state index in [0.717, 1.165) is 25.2 Å². The molecule has 3 N–H and O–H groups in total. The normalized spacial score (nSPS) is 12.5. The minimum absolute atomic E-state index is 0.142. The summed E-state index contributed by atoms with van der Waals surface area (Å²) in [5.41, 5.74) is 9.35. The SMILES string of the molecule is CCCOc1cc(C)c(CC(CN)CO)c(C)c1. The number of nitrogens with two attached hydrogens (primary N) is 1. The van der Waals surface area contributed by atoms with Crippen LogP contribution in [0.25, 0.3) is 0 Å². The fraction of sp³-hybridized carbons (Fsp3) is 0.600. The number of hydrogen-bond acceptors (Lipinski definition) is 3. The van der Waals surface area contributed by atoms with E-state index in [0.29, 0.717) is 6.54 Å². The first-order valence-corrected chi connectivity index (χ1v) is 6.66. The Morgan fingerprint density at radius 1 is 1.28 bits per heavy atom. The van der Waals surface area contributed by atoms with E-state index in [2.05, 4.69) is 32.9 Å². The van der Waals surface area contributed by atoms with Gasteiger partial charge in [-0.15, -0.1) is 0 Å². The van der Waals surface area contributed by atoms with Crippen molar-refractivity contribution in [3.8, 4) is 5.75 Å². The van der Waals surface area contributed by atoms with Crippen LogP contribution in [0.4, 0.5) is 0 Å². The van der Waals surface area contributed by atoms with Gasteiger partial charge in [-0.3, -0.25) is 0 Å². The van der Waals surface area contributed by atoms with Crippen molar-refractivity contribution in [3.63, 3.8) is 0 Å². The van der Waals surface area contributed by atoms with E-state index in [1.807, 2.05) is 0 Å². The van der Waals surface area contributed by atoms with Crippen molar-refractivity contribution < 1.29 is 9.84 Å². The minimum Gasteiger partial charge on any atom is -0.494 e. The third-order valence-corrected chi connectivity index (χ3v) is 3.23. The maximum atomic E-state index is 9.24. The zero-order chi connectivity index (χ0) is 13.5. The quantitative estimate of drug-likeness (QED) is 0.781. The molecule has 0 saturated carbocycles. The lowest BCUT2D eigenvalue weighted by atomic mass is 9.93. The summed E-state index contributed by atoms with van der Waals surface area (Å²) < 4.78 is 5.66. The van der Waals surface area contributed by atoms with Gasteiger partial charge in [-0.2, -0.15) is 0 Å². The first kappa shape index (κ1) is 15.0. The molecule has 0 spiro atoms. The molecule has 0 fully saturated rings. The van der Waals surface area contributed by atoms with Gasteiger partial charge in [0.2, 0.25) is 0 Å². The fourth-order valence-electron chi connectivity index (χ4n) is 2.09. The van der Waals surface area contributed by atoms with E-state index < -0.39 is 0 Å². The monoisotopic (exact) mass is 251 g/mol. The number of hydrogen-bond donors (Lipinski definition) is 2. The number of aryl methyl sites for hydroxylation is 2. The van der Waals surface area contributed by atoms with E-state index in [-0.39, 0.29) is 12.5 Å². The molecule has 1 aromatic carbocycles. The largest absolute Gasteiger partial charge is 0.494 e. The summed E-state index contributed by atoms with van der Waals surface area (Å²) in [6, 6.07) is 4.14. The third kappa shape index (κ3) is 4.00. The summed E-state index contributed by atoms with van der Waals surface area (Å²) >= 11 is 0. The molecule has 1 atom stereocenters. The number of aliphatic hydroxyl groups is 1. The summed E-state index contributed by atoms with van der Waals surface area (Å²) in [4.78, 5) is 0. The molecular formula is C15H25NO2. The van der Waals surface area contributed by atoms with Crippen molar-refractivity contribution in [3.05, 3.63) is 28.8 Å². The van der Waals surface area contributed by atoms with Gasteiger partial charge in [0.05, 0.1) is 6.61 Å². The van der Waals surface area contributed by atoms with Gasteiger partial charge in [-0.25, -0.2) is 0 Å². The van der Waals surface area contributed by atoms with Gasteiger partial charge < -0.3 is 15.6 Å². The standard InChI is InChI=1S/C15H25NO2/c1-4-5-18-14-6-11(2)15(12(3)7-14)8-13(9-16)10-17/h6-7,13,17H,4-5,8-10,16H2,1-3H3. The van der Waals surface area contributed by atoms with E-state index in [9.17, 15) is 5.11 Å². The smallest absolute Gasteiger partial charge is 0.119 e. The lowest BCUT2D eigenvalue weighted by Crippen LogP contribution is -2.21. The Bertz CT molecular complexity index is 350. The molecule has 3 nitrogen and oxygen atoms in total. The number of benzene rings is 1.